The molecule has 0 amide bonds. The molecule has 0 spiro atoms. The fraction of sp³-hybridized carbons (Fsp3) is 0.250. The second-order valence-corrected chi connectivity index (χ2v) is 4.97. The SMILES string of the molecule is Nc1nn(-c2cccc(Br)c2)c2c1CCC2. The maximum Gasteiger partial charge on any atom is 0.149 e. The minimum absolute atomic E-state index is 0.687. The van der Waals surface area contributed by atoms with Gasteiger partial charge >= 0.3 is 0 Å². The number of nitrogens with two attached hydrogens (primary N) is 1. The van der Waals surface area contributed by atoms with Crippen LogP contribution in [-0.4, -0.2) is 9.78 Å². The second-order valence-electron chi connectivity index (χ2n) is 4.06. The summed E-state index contributed by atoms with van der Waals surface area (Å²) in [6.45, 7) is 0. The van der Waals surface area contributed by atoms with Crippen molar-refractivity contribution in [2.75, 3.05) is 5.73 Å². The molecule has 0 aliphatic heterocycles. The largest absolute Gasteiger partial charge is 0.382 e. The maximum absolute atomic E-state index is 5.92. The Morgan fingerprint density at radius 3 is 3.00 bits per heavy atom. The maximum atomic E-state index is 5.92. The lowest BCUT2D eigenvalue weighted by Crippen LogP contribution is -2.01. The fourth-order valence-electron chi connectivity index (χ4n) is 2.29. The molecule has 0 unspecified atom stereocenters. The van der Waals surface area contributed by atoms with E-state index in [0.717, 1.165) is 23.0 Å². The Morgan fingerprint density at radius 1 is 1.31 bits per heavy atom. The Kier molecular flexibility index (Phi) is 2.24. The van der Waals surface area contributed by atoms with Crippen LogP contribution in [0.1, 0.15) is 17.7 Å². The minimum Gasteiger partial charge on any atom is -0.382 e. The summed E-state index contributed by atoms with van der Waals surface area (Å²) in [6.07, 6.45) is 3.33. The molecule has 0 saturated carbocycles. The first-order valence-electron chi connectivity index (χ1n) is 5.38. The summed E-state index contributed by atoms with van der Waals surface area (Å²) in [5.41, 5.74) is 9.51. The summed E-state index contributed by atoms with van der Waals surface area (Å²) >= 11 is 3.47. The molecule has 0 saturated heterocycles. The zero-order chi connectivity index (χ0) is 11.1. The van der Waals surface area contributed by atoms with Crippen LogP contribution in [0, 0.1) is 0 Å². The molecule has 0 atom stereocenters. The van der Waals surface area contributed by atoms with Crippen LogP contribution in [0.5, 0.6) is 0 Å². The van der Waals surface area contributed by atoms with Crippen LogP contribution < -0.4 is 5.73 Å². The third-order valence-electron chi connectivity index (χ3n) is 3.01. The van der Waals surface area contributed by atoms with Gasteiger partial charge in [0.2, 0.25) is 0 Å². The van der Waals surface area contributed by atoms with Crippen molar-refractivity contribution in [3.8, 4) is 5.69 Å². The van der Waals surface area contributed by atoms with Crippen molar-refractivity contribution >= 4 is 21.7 Å². The lowest BCUT2D eigenvalue weighted by molar-refractivity contribution is 0.788. The van der Waals surface area contributed by atoms with Gasteiger partial charge in [0.25, 0.3) is 0 Å². The highest BCUT2D eigenvalue weighted by Gasteiger charge is 2.21. The van der Waals surface area contributed by atoms with Crippen LogP contribution >= 0.6 is 15.9 Å². The predicted octanol–water partition coefficient (Wildman–Crippen LogP) is 2.71. The minimum atomic E-state index is 0.687. The molecule has 1 aromatic heterocycles. The number of fused-ring (bicyclic) bond motifs is 1. The second kappa shape index (κ2) is 3.63. The van der Waals surface area contributed by atoms with Crippen molar-refractivity contribution in [3.63, 3.8) is 0 Å². The molecule has 4 heteroatoms. The number of hydrogen-bond donors (Lipinski definition) is 1. The topological polar surface area (TPSA) is 43.8 Å². The molecule has 82 valence electrons. The molecule has 16 heavy (non-hydrogen) atoms. The van der Waals surface area contributed by atoms with Gasteiger partial charge in [-0.3, -0.25) is 0 Å². The van der Waals surface area contributed by atoms with E-state index in [9.17, 15) is 0 Å². The molecule has 0 radical (unpaired) electrons. The van der Waals surface area contributed by atoms with Crippen molar-refractivity contribution < 1.29 is 0 Å². The van der Waals surface area contributed by atoms with Crippen molar-refractivity contribution in [3.05, 3.63) is 40.0 Å². The summed E-state index contributed by atoms with van der Waals surface area (Å²) in [5, 5.41) is 4.42. The molecular formula is C12H12BrN3. The molecule has 3 rings (SSSR count). The van der Waals surface area contributed by atoms with Crippen molar-refractivity contribution in [1.29, 1.82) is 0 Å². The number of hydrogen-bond acceptors (Lipinski definition) is 2. The Bertz CT molecular complexity index is 545. The zero-order valence-corrected chi connectivity index (χ0v) is 10.4. The molecule has 0 fully saturated rings. The van der Waals surface area contributed by atoms with Gasteiger partial charge in [0.1, 0.15) is 5.82 Å². The molecule has 2 N–H and O–H groups in total. The van der Waals surface area contributed by atoms with Gasteiger partial charge in [-0.05, 0) is 37.5 Å². The Hall–Kier alpha value is -1.29. The highest BCUT2D eigenvalue weighted by atomic mass is 79.9. The van der Waals surface area contributed by atoms with Gasteiger partial charge in [0.05, 0.1) is 5.69 Å². The van der Waals surface area contributed by atoms with Gasteiger partial charge in [-0.2, -0.15) is 5.10 Å². The fourth-order valence-corrected chi connectivity index (χ4v) is 2.67. The summed E-state index contributed by atoms with van der Waals surface area (Å²) in [5.74, 6) is 0.687. The van der Waals surface area contributed by atoms with Gasteiger partial charge in [-0.25, -0.2) is 4.68 Å². The lowest BCUT2D eigenvalue weighted by atomic mass is 10.2. The molecule has 1 aliphatic carbocycles. The van der Waals surface area contributed by atoms with E-state index >= 15 is 0 Å². The van der Waals surface area contributed by atoms with E-state index in [0.29, 0.717) is 5.82 Å². The van der Waals surface area contributed by atoms with E-state index in [-0.39, 0.29) is 0 Å². The Labute approximate surface area is 102 Å². The van der Waals surface area contributed by atoms with Gasteiger partial charge in [0, 0.05) is 15.7 Å². The molecule has 3 nitrogen and oxygen atoms in total. The van der Waals surface area contributed by atoms with E-state index in [4.69, 9.17) is 5.73 Å². The molecule has 1 aromatic carbocycles. The van der Waals surface area contributed by atoms with Crippen LogP contribution in [0.25, 0.3) is 5.69 Å². The summed E-state index contributed by atoms with van der Waals surface area (Å²) in [4.78, 5) is 0. The third-order valence-corrected chi connectivity index (χ3v) is 3.51. The molecule has 1 aliphatic rings. The first-order valence-corrected chi connectivity index (χ1v) is 6.17. The van der Waals surface area contributed by atoms with Gasteiger partial charge in [-0.15, -0.1) is 0 Å². The molecule has 1 heterocycles. The normalized spacial score (nSPS) is 14.1. The number of anilines is 1. The molecule has 2 aromatic rings. The highest BCUT2D eigenvalue weighted by molar-refractivity contribution is 9.10. The van der Waals surface area contributed by atoms with E-state index in [1.807, 2.05) is 16.8 Å². The third kappa shape index (κ3) is 1.45. The number of rotatable bonds is 1. The van der Waals surface area contributed by atoms with Crippen LogP contribution in [0.4, 0.5) is 5.82 Å². The number of benzene rings is 1. The Morgan fingerprint density at radius 2 is 2.19 bits per heavy atom. The summed E-state index contributed by atoms with van der Waals surface area (Å²) in [6, 6.07) is 8.13. The monoisotopic (exact) mass is 277 g/mol. The van der Waals surface area contributed by atoms with E-state index in [1.165, 1.54) is 17.7 Å². The predicted molar refractivity (Wildman–Crippen MR) is 67.7 cm³/mol. The number of aromatic nitrogens is 2. The number of nitrogen functional groups attached to an aromatic ring is 1. The average molecular weight is 278 g/mol. The summed E-state index contributed by atoms with van der Waals surface area (Å²) < 4.78 is 3.04. The quantitative estimate of drug-likeness (QED) is 0.871. The molecule has 0 bridgehead atoms. The van der Waals surface area contributed by atoms with Crippen molar-refractivity contribution in [2.24, 2.45) is 0 Å². The first kappa shape index (κ1) is 9.90. The number of nitrogens with zero attached hydrogens (tertiary/aromatic N) is 2. The van der Waals surface area contributed by atoms with Gasteiger partial charge < -0.3 is 5.73 Å². The van der Waals surface area contributed by atoms with Crippen LogP contribution in [0.15, 0.2) is 28.7 Å². The van der Waals surface area contributed by atoms with E-state index in [1.54, 1.807) is 0 Å². The van der Waals surface area contributed by atoms with Crippen LogP contribution in [-0.2, 0) is 12.8 Å². The Balaban J connectivity index is 2.17. The van der Waals surface area contributed by atoms with Gasteiger partial charge in [-0.1, -0.05) is 22.0 Å². The zero-order valence-electron chi connectivity index (χ0n) is 8.78. The van der Waals surface area contributed by atoms with E-state index < -0.39 is 0 Å². The smallest absolute Gasteiger partial charge is 0.149 e. The van der Waals surface area contributed by atoms with Crippen LogP contribution in [0.2, 0.25) is 0 Å². The average Bonchev–Trinajstić information content (AvgIpc) is 2.83. The van der Waals surface area contributed by atoms with Crippen LogP contribution in [0.3, 0.4) is 0 Å². The van der Waals surface area contributed by atoms with Crippen molar-refractivity contribution in [1.82, 2.24) is 9.78 Å². The lowest BCUT2D eigenvalue weighted by Gasteiger charge is -2.05. The molecular weight excluding hydrogens is 266 g/mol. The summed E-state index contributed by atoms with van der Waals surface area (Å²) in [7, 11) is 0. The van der Waals surface area contributed by atoms with E-state index in [2.05, 4.69) is 33.2 Å². The van der Waals surface area contributed by atoms with Gasteiger partial charge in [0.15, 0.2) is 0 Å². The number of halogens is 1. The highest BCUT2D eigenvalue weighted by Crippen LogP contribution is 2.29. The first-order chi connectivity index (χ1) is 7.75. The standard InChI is InChI=1S/C12H12BrN3/c13-8-3-1-4-9(7-8)16-11-6-2-5-10(11)12(14)15-16/h1,3-4,7H,2,5-6H2,(H2,14,15). The van der Waals surface area contributed by atoms with Crippen molar-refractivity contribution in [2.45, 2.75) is 19.3 Å².